The highest BCUT2D eigenvalue weighted by molar-refractivity contribution is 5.98. The van der Waals surface area contributed by atoms with E-state index in [1.807, 2.05) is 30.3 Å². The van der Waals surface area contributed by atoms with Gasteiger partial charge in [0.1, 0.15) is 22.7 Å². The number of carbonyl (C=O) groups is 1. The van der Waals surface area contributed by atoms with Crippen molar-refractivity contribution in [2.75, 3.05) is 31.1 Å². The standard InChI is InChI=1S/C30H30F3N5O2/c1-20(2)18-24-34-28(26-27(36-40-29(26)35-24)22-10-6-11-23(19-22)30(31,32)33)38-15-7-14-37(16-17-38)25(39)13-12-21-8-4-3-5-9-21/h3-6,8-13,19-20H,7,14-18H2,1-2H3. The number of aromatic nitrogens is 3. The Bertz CT molecular complexity index is 1520. The first-order chi connectivity index (χ1) is 19.2. The molecule has 208 valence electrons. The molecule has 1 fully saturated rings. The zero-order chi connectivity index (χ0) is 28.3. The van der Waals surface area contributed by atoms with Crippen LogP contribution < -0.4 is 4.90 Å². The molecule has 1 amide bonds. The highest BCUT2D eigenvalue weighted by Crippen LogP contribution is 2.37. The van der Waals surface area contributed by atoms with E-state index in [1.54, 1.807) is 23.1 Å². The molecule has 0 atom stereocenters. The minimum absolute atomic E-state index is 0.0753. The summed E-state index contributed by atoms with van der Waals surface area (Å²) in [5.41, 5.74) is 0.939. The van der Waals surface area contributed by atoms with Crippen LogP contribution >= 0.6 is 0 Å². The summed E-state index contributed by atoms with van der Waals surface area (Å²) in [6, 6.07) is 14.6. The Balaban J connectivity index is 1.47. The van der Waals surface area contributed by atoms with E-state index in [4.69, 9.17) is 9.51 Å². The highest BCUT2D eigenvalue weighted by atomic mass is 19.4. The number of benzene rings is 2. The van der Waals surface area contributed by atoms with E-state index >= 15 is 0 Å². The fourth-order valence-corrected chi connectivity index (χ4v) is 4.79. The summed E-state index contributed by atoms with van der Waals surface area (Å²) in [5.74, 6) is 1.34. The van der Waals surface area contributed by atoms with E-state index in [1.165, 1.54) is 6.07 Å². The number of rotatable bonds is 6. The molecule has 0 N–H and O–H groups in total. The number of hydrogen-bond donors (Lipinski definition) is 0. The van der Waals surface area contributed by atoms with Crippen molar-refractivity contribution in [1.82, 2.24) is 20.0 Å². The van der Waals surface area contributed by atoms with Crippen LogP contribution in [0.3, 0.4) is 0 Å². The van der Waals surface area contributed by atoms with E-state index in [0.717, 1.165) is 17.7 Å². The van der Waals surface area contributed by atoms with Gasteiger partial charge in [-0.1, -0.05) is 61.5 Å². The van der Waals surface area contributed by atoms with Gasteiger partial charge in [-0.25, -0.2) is 4.98 Å². The van der Waals surface area contributed by atoms with Crippen LogP contribution in [-0.4, -0.2) is 52.1 Å². The van der Waals surface area contributed by atoms with Crippen LogP contribution in [0.15, 0.2) is 65.2 Å². The Labute approximate surface area is 230 Å². The molecular formula is C30H30F3N5O2. The molecule has 5 rings (SSSR count). The summed E-state index contributed by atoms with van der Waals surface area (Å²) in [7, 11) is 0. The fourth-order valence-electron chi connectivity index (χ4n) is 4.79. The second-order valence-corrected chi connectivity index (χ2v) is 10.3. The van der Waals surface area contributed by atoms with Crippen molar-refractivity contribution < 1.29 is 22.5 Å². The Morgan fingerprint density at radius 3 is 2.58 bits per heavy atom. The quantitative estimate of drug-likeness (QED) is 0.265. The van der Waals surface area contributed by atoms with E-state index < -0.39 is 11.7 Å². The zero-order valence-corrected chi connectivity index (χ0v) is 22.4. The maximum absolute atomic E-state index is 13.5. The lowest BCUT2D eigenvalue weighted by Crippen LogP contribution is -2.34. The molecule has 40 heavy (non-hydrogen) atoms. The van der Waals surface area contributed by atoms with Gasteiger partial charge in [0.25, 0.3) is 5.71 Å². The maximum Gasteiger partial charge on any atom is 0.416 e. The number of halogens is 3. The molecule has 0 saturated carbocycles. The topological polar surface area (TPSA) is 75.4 Å². The Morgan fingerprint density at radius 1 is 1.02 bits per heavy atom. The van der Waals surface area contributed by atoms with Gasteiger partial charge < -0.3 is 14.3 Å². The van der Waals surface area contributed by atoms with E-state index in [9.17, 15) is 18.0 Å². The second-order valence-electron chi connectivity index (χ2n) is 10.3. The van der Waals surface area contributed by atoms with E-state index in [2.05, 4.69) is 28.9 Å². The average molecular weight is 550 g/mol. The van der Waals surface area contributed by atoms with Crippen molar-refractivity contribution in [3.63, 3.8) is 0 Å². The van der Waals surface area contributed by atoms with Crippen molar-refractivity contribution in [2.24, 2.45) is 5.92 Å². The van der Waals surface area contributed by atoms with Crippen molar-refractivity contribution in [1.29, 1.82) is 0 Å². The molecule has 0 aliphatic carbocycles. The molecule has 1 saturated heterocycles. The molecule has 7 nitrogen and oxygen atoms in total. The predicted octanol–water partition coefficient (Wildman–Crippen LogP) is 6.25. The van der Waals surface area contributed by atoms with Crippen molar-refractivity contribution in [3.05, 3.63) is 77.6 Å². The van der Waals surface area contributed by atoms with Gasteiger partial charge in [-0.15, -0.1) is 0 Å². The third-order valence-corrected chi connectivity index (χ3v) is 6.74. The molecular weight excluding hydrogens is 519 g/mol. The monoisotopic (exact) mass is 549 g/mol. The van der Waals surface area contributed by atoms with Crippen molar-refractivity contribution >= 4 is 28.9 Å². The summed E-state index contributed by atoms with van der Waals surface area (Å²) in [5, 5.41) is 4.61. The molecule has 2 aromatic heterocycles. The molecule has 0 radical (unpaired) electrons. The first kappa shape index (κ1) is 27.4. The largest absolute Gasteiger partial charge is 0.416 e. The van der Waals surface area contributed by atoms with Crippen LogP contribution in [0.5, 0.6) is 0 Å². The van der Waals surface area contributed by atoms with Crippen LogP contribution in [0.2, 0.25) is 0 Å². The number of anilines is 1. The molecule has 1 aliphatic heterocycles. The van der Waals surface area contributed by atoms with Crippen LogP contribution in [0.1, 0.15) is 37.2 Å². The Kier molecular flexibility index (Phi) is 7.86. The van der Waals surface area contributed by atoms with Crippen molar-refractivity contribution in [3.8, 4) is 11.3 Å². The van der Waals surface area contributed by atoms with Gasteiger partial charge in [0, 0.05) is 44.2 Å². The molecule has 0 unspecified atom stereocenters. The van der Waals surface area contributed by atoms with Gasteiger partial charge >= 0.3 is 6.18 Å². The second kappa shape index (κ2) is 11.5. The minimum atomic E-state index is -4.49. The fraction of sp³-hybridized carbons (Fsp3) is 0.333. The van der Waals surface area contributed by atoms with Crippen LogP contribution in [0.25, 0.3) is 28.4 Å². The summed E-state index contributed by atoms with van der Waals surface area (Å²) in [6.45, 7) is 6.25. The highest BCUT2D eigenvalue weighted by Gasteiger charge is 2.32. The lowest BCUT2D eigenvalue weighted by molar-refractivity contribution is -0.137. The van der Waals surface area contributed by atoms with Crippen LogP contribution in [-0.2, 0) is 17.4 Å². The zero-order valence-electron chi connectivity index (χ0n) is 22.4. The lowest BCUT2D eigenvalue weighted by atomic mass is 10.1. The lowest BCUT2D eigenvalue weighted by Gasteiger charge is -2.23. The Morgan fingerprint density at radius 2 is 1.82 bits per heavy atom. The molecule has 4 aromatic rings. The van der Waals surface area contributed by atoms with E-state index in [0.29, 0.717) is 56.0 Å². The molecule has 10 heteroatoms. The summed E-state index contributed by atoms with van der Waals surface area (Å²) >= 11 is 0. The molecule has 1 aliphatic rings. The van der Waals surface area contributed by atoms with E-state index in [-0.39, 0.29) is 28.8 Å². The van der Waals surface area contributed by atoms with Gasteiger partial charge in [0.15, 0.2) is 0 Å². The van der Waals surface area contributed by atoms with Crippen LogP contribution in [0, 0.1) is 5.92 Å². The Hall–Kier alpha value is -4.21. The van der Waals surface area contributed by atoms with Gasteiger partial charge in [0.2, 0.25) is 5.91 Å². The maximum atomic E-state index is 13.5. The minimum Gasteiger partial charge on any atom is -0.354 e. The number of amides is 1. The summed E-state index contributed by atoms with van der Waals surface area (Å²) in [6.07, 6.45) is 0.191. The third-order valence-electron chi connectivity index (χ3n) is 6.74. The SMILES string of the molecule is CC(C)Cc1nc(N2CCCN(C(=O)C=Cc3ccccc3)CC2)c2c(-c3cccc(C(F)(F)F)c3)noc2n1. The van der Waals surface area contributed by atoms with Gasteiger partial charge in [-0.2, -0.15) is 18.2 Å². The number of fused-ring (bicyclic) bond motifs is 1. The first-order valence-electron chi connectivity index (χ1n) is 13.3. The average Bonchev–Trinajstić information content (AvgIpc) is 3.20. The van der Waals surface area contributed by atoms with Gasteiger partial charge in [0.05, 0.1) is 5.56 Å². The molecule has 2 aromatic carbocycles. The third kappa shape index (κ3) is 6.16. The predicted molar refractivity (Wildman–Crippen MR) is 147 cm³/mol. The van der Waals surface area contributed by atoms with Crippen LogP contribution in [0.4, 0.5) is 19.0 Å². The number of nitrogens with zero attached hydrogens (tertiary/aromatic N) is 5. The molecule has 0 bridgehead atoms. The summed E-state index contributed by atoms with van der Waals surface area (Å²) < 4.78 is 45.9. The first-order valence-corrected chi connectivity index (χ1v) is 13.3. The van der Waals surface area contributed by atoms with Gasteiger partial charge in [-0.05, 0) is 36.1 Å². The summed E-state index contributed by atoms with van der Waals surface area (Å²) in [4.78, 5) is 26.2. The van der Waals surface area contributed by atoms with Gasteiger partial charge in [-0.3, -0.25) is 4.79 Å². The number of alkyl halides is 3. The smallest absolute Gasteiger partial charge is 0.354 e. The normalized spacial score (nSPS) is 14.8. The molecule has 0 spiro atoms. The number of hydrogen-bond acceptors (Lipinski definition) is 6. The van der Waals surface area contributed by atoms with Crippen molar-refractivity contribution in [2.45, 2.75) is 32.9 Å². The number of carbonyl (C=O) groups excluding carboxylic acids is 1. The molecule has 3 heterocycles.